The second-order valence-electron chi connectivity index (χ2n) is 5.68. The first-order valence-corrected chi connectivity index (χ1v) is 7.59. The number of carbonyl (C=O) groups is 2. The molecular formula is C18H18N2O4. The molecule has 124 valence electrons. The number of methoxy groups -OCH3 is 1. The molecule has 3 N–H and O–H groups in total. The summed E-state index contributed by atoms with van der Waals surface area (Å²) >= 11 is 0. The van der Waals surface area contributed by atoms with Gasteiger partial charge in [0.05, 0.1) is 12.7 Å². The van der Waals surface area contributed by atoms with Gasteiger partial charge < -0.3 is 20.1 Å². The van der Waals surface area contributed by atoms with Crippen LogP contribution in [0.2, 0.25) is 0 Å². The largest absolute Gasteiger partial charge is 0.497 e. The molecule has 0 bridgehead atoms. The van der Waals surface area contributed by atoms with Crippen molar-refractivity contribution in [3.63, 3.8) is 0 Å². The molecule has 0 unspecified atom stereocenters. The van der Waals surface area contributed by atoms with Crippen LogP contribution in [-0.2, 0) is 16.0 Å². The lowest BCUT2D eigenvalue weighted by Gasteiger charge is -2.04. The van der Waals surface area contributed by atoms with Crippen molar-refractivity contribution in [1.82, 2.24) is 4.98 Å². The highest BCUT2D eigenvalue weighted by Crippen LogP contribution is 2.36. The van der Waals surface area contributed by atoms with Crippen LogP contribution in [0.1, 0.15) is 28.8 Å². The Kier molecular flexibility index (Phi) is 4.12. The molecule has 6 heteroatoms. The Morgan fingerprint density at radius 2 is 2.17 bits per heavy atom. The number of hydrogen-bond acceptors (Lipinski definition) is 3. The average molecular weight is 326 g/mol. The molecule has 0 aliphatic carbocycles. The molecule has 1 aromatic carbocycles. The summed E-state index contributed by atoms with van der Waals surface area (Å²) in [5.41, 5.74) is 4.69. The third kappa shape index (κ3) is 2.90. The van der Waals surface area contributed by atoms with Gasteiger partial charge in [0.2, 0.25) is 0 Å². The van der Waals surface area contributed by atoms with Crippen LogP contribution < -0.4 is 10.1 Å². The van der Waals surface area contributed by atoms with Crippen molar-refractivity contribution in [2.75, 3.05) is 12.4 Å². The van der Waals surface area contributed by atoms with Gasteiger partial charge in [-0.15, -0.1) is 0 Å². The molecule has 0 fully saturated rings. The van der Waals surface area contributed by atoms with Gasteiger partial charge in [-0.2, -0.15) is 0 Å². The highest BCUT2D eigenvalue weighted by molar-refractivity contribution is 6.35. The number of H-pyrrole nitrogens is 1. The maximum Gasteiger partial charge on any atom is 0.303 e. The van der Waals surface area contributed by atoms with Gasteiger partial charge in [-0.05, 0) is 48.7 Å². The fourth-order valence-corrected chi connectivity index (χ4v) is 2.85. The zero-order chi connectivity index (χ0) is 17.3. The lowest BCUT2D eigenvalue weighted by molar-refractivity contribution is -0.137. The van der Waals surface area contributed by atoms with Crippen LogP contribution in [0.4, 0.5) is 5.69 Å². The second kappa shape index (κ2) is 6.23. The monoisotopic (exact) mass is 326 g/mol. The standard InChI is InChI=1S/C18H18N2O4/c1-10-9-19-16(12(10)4-6-17(21)22)8-14-13-7-11(24-2)3-5-15(13)20-18(14)23/h3,5,7-9,19H,4,6H2,1-2H3,(H,20,23)(H,21,22)/b14-8-. The number of carbonyl (C=O) groups excluding carboxylic acids is 1. The van der Waals surface area contributed by atoms with Crippen molar-refractivity contribution in [2.24, 2.45) is 0 Å². The third-order valence-electron chi connectivity index (χ3n) is 4.13. The Balaban J connectivity index is 2.01. The summed E-state index contributed by atoms with van der Waals surface area (Å²) in [6, 6.07) is 5.41. The van der Waals surface area contributed by atoms with E-state index in [0.29, 0.717) is 17.7 Å². The molecule has 2 aromatic rings. The number of carboxylic acids is 1. The predicted octanol–water partition coefficient (Wildman–Crippen LogP) is 2.84. The lowest BCUT2D eigenvalue weighted by atomic mass is 10.0. The zero-order valence-corrected chi connectivity index (χ0v) is 13.5. The summed E-state index contributed by atoms with van der Waals surface area (Å²) in [6.07, 6.45) is 4.05. The number of carboxylic acid groups (broad SMARTS) is 1. The van der Waals surface area contributed by atoms with Crippen LogP contribution >= 0.6 is 0 Å². The number of fused-ring (bicyclic) bond motifs is 1. The number of aromatic amines is 1. The van der Waals surface area contributed by atoms with E-state index in [-0.39, 0.29) is 12.3 Å². The van der Waals surface area contributed by atoms with Gasteiger partial charge in [0.15, 0.2) is 0 Å². The van der Waals surface area contributed by atoms with Gasteiger partial charge >= 0.3 is 5.97 Å². The number of nitrogens with one attached hydrogen (secondary N) is 2. The van der Waals surface area contributed by atoms with Crippen LogP contribution in [0.5, 0.6) is 5.75 Å². The molecule has 0 saturated carbocycles. The summed E-state index contributed by atoms with van der Waals surface area (Å²) in [4.78, 5) is 26.3. The Bertz CT molecular complexity index is 849. The van der Waals surface area contributed by atoms with E-state index in [9.17, 15) is 9.59 Å². The Morgan fingerprint density at radius 3 is 2.88 bits per heavy atom. The Labute approximate surface area is 139 Å². The molecule has 1 amide bonds. The maximum absolute atomic E-state index is 12.3. The number of benzene rings is 1. The number of aromatic nitrogens is 1. The first kappa shape index (κ1) is 15.9. The van der Waals surface area contributed by atoms with E-state index in [1.165, 1.54) is 0 Å². The van der Waals surface area contributed by atoms with Gasteiger partial charge in [-0.25, -0.2) is 0 Å². The number of hydrogen-bond donors (Lipinski definition) is 3. The van der Waals surface area contributed by atoms with Crippen LogP contribution in [-0.4, -0.2) is 29.1 Å². The summed E-state index contributed by atoms with van der Waals surface area (Å²) in [5.74, 6) is -0.359. The van der Waals surface area contributed by atoms with Crippen LogP contribution in [0.15, 0.2) is 24.4 Å². The molecular weight excluding hydrogens is 308 g/mol. The highest BCUT2D eigenvalue weighted by atomic mass is 16.5. The molecule has 6 nitrogen and oxygen atoms in total. The van der Waals surface area contributed by atoms with E-state index in [1.54, 1.807) is 25.3 Å². The van der Waals surface area contributed by atoms with Crippen LogP contribution in [0.3, 0.4) is 0 Å². The smallest absolute Gasteiger partial charge is 0.303 e. The van der Waals surface area contributed by atoms with Crippen molar-refractivity contribution < 1.29 is 19.4 Å². The SMILES string of the molecule is COc1ccc2c(c1)/C(=C/c1[nH]cc(C)c1CCC(=O)O)C(=O)N2. The second-order valence-corrected chi connectivity index (χ2v) is 5.68. The first-order chi connectivity index (χ1) is 11.5. The molecule has 0 spiro atoms. The molecule has 3 rings (SSSR count). The summed E-state index contributed by atoms with van der Waals surface area (Å²) in [6.45, 7) is 1.92. The normalized spacial score (nSPS) is 14.6. The zero-order valence-electron chi connectivity index (χ0n) is 13.5. The third-order valence-corrected chi connectivity index (χ3v) is 4.13. The minimum Gasteiger partial charge on any atom is -0.497 e. The van der Waals surface area contributed by atoms with E-state index in [0.717, 1.165) is 28.1 Å². The van der Waals surface area contributed by atoms with Crippen molar-refractivity contribution >= 4 is 29.2 Å². The minimum absolute atomic E-state index is 0.0471. The fourth-order valence-electron chi connectivity index (χ4n) is 2.85. The minimum atomic E-state index is -0.845. The van der Waals surface area contributed by atoms with Crippen LogP contribution in [0, 0.1) is 6.92 Å². The van der Waals surface area contributed by atoms with E-state index < -0.39 is 5.97 Å². The summed E-state index contributed by atoms with van der Waals surface area (Å²) < 4.78 is 5.23. The van der Waals surface area contributed by atoms with E-state index in [1.807, 2.05) is 19.2 Å². The maximum atomic E-state index is 12.3. The topological polar surface area (TPSA) is 91.4 Å². The number of aryl methyl sites for hydroxylation is 1. The van der Waals surface area contributed by atoms with E-state index in [4.69, 9.17) is 9.84 Å². The number of anilines is 1. The van der Waals surface area contributed by atoms with Crippen molar-refractivity contribution in [1.29, 1.82) is 0 Å². The Morgan fingerprint density at radius 1 is 1.38 bits per heavy atom. The van der Waals surface area contributed by atoms with E-state index >= 15 is 0 Å². The summed E-state index contributed by atoms with van der Waals surface area (Å²) in [7, 11) is 1.58. The lowest BCUT2D eigenvalue weighted by Crippen LogP contribution is -2.04. The number of amides is 1. The van der Waals surface area contributed by atoms with Gasteiger partial charge in [0, 0.05) is 29.6 Å². The van der Waals surface area contributed by atoms with Gasteiger partial charge in [0.25, 0.3) is 5.91 Å². The molecule has 0 radical (unpaired) electrons. The van der Waals surface area contributed by atoms with Crippen LogP contribution in [0.25, 0.3) is 11.6 Å². The molecule has 2 heterocycles. The quantitative estimate of drug-likeness (QED) is 0.737. The van der Waals surface area contributed by atoms with Crippen molar-refractivity contribution in [3.05, 3.63) is 46.8 Å². The highest BCUT2D eigenvalue weighted by Gasteiger charge is 2.25. The Hall–Kier alpha value is -3.02. The van der Waals surface area contributed by atoms with Crippen molar-refractivity contribution in [3.8, 4) is 5.75 Å². The van der Waals surface area contributed by atoms with Gasteiger partial charge in [0.1, 0.15) is 5.75 Å². The van der Waals surface area contributed by atoms with Gasteiger partial charge in [-0.1, -0.05) is 0 Å². The number of ether oxygens (including phenoxy) is 1. The van der Waals surface area contributed by atoms with Gasteiger partial charge in [-0.3, -0.25) is 9.59 Å². The molecule has 1 aliphatic rings. The fraction of sp³-hybridized carbons (Fsp3) is 0.222. The first-order valence-electron chi connectivity index (χ1n) is 7.59. The van der Waals surface area contributed by atoms with E-state index in [2.05, 4.69) is 10.3 Å². The number of rotatable bonds is 5. The molecule has 24 heavy (non-hydrogen) atoms. The van der Waals surface area contributed by atoms with Crippen molar-refractivity contribution in [2.45, 2.75) is 19.8 Å². The molecule has 1 aliphatic heterocycles. The summed E-state index contributed by atoms with van der Waals surface area (Å²) in [5, 5.41) is 11.7. The molecule has 0 atom stereocenters. The average Bonchev–Trinajstić information content (AvgIpc) is 3.05. The molecule has 0 saturated heterocycles. The number of aliphatic carboxylic acids is 1. The predicted molar refractivity (Wildman–Crippen MR) is 91.0 cm³/mol. The molecule has 1 aromatic heterocycles.